The van der Waals surface area contributed by atoms with Crippen LogP contribution in [0.2, 0.25) is 0 Å². The van der Waals surface area contributed by atoms with Gasteiger partial charge in [0.05, 0.1) is 5.92 Å². The van der Waals surface area contributed by atoms with E-state index in [0.717, 1.165) is 6.92 Å². The second-order valence-corrected chi connectivity index (χ2v) is 3.85. The molecule has 0 amide bonds. The Balaban J connectivity index is 2.87. The van der Waals surface area contributed by atoms with Gasteiger partial charge in [0.25, 0.3) is 5.92 Å². The number of alkyl halides is 2. The first-order valence-corrected chi connectivity index (χ1v) is 4.87. The van der Waals surface area contributed by atoms with E-state index < -0.39 is 17.8 Å². The zero-order chi connectivity index (χ0) is 12.3. The second-order valence-electron chi connectivity index (χ2n) is 3.85. The third kappa shape index (κ3) is 3.25. The van der Waals surface area contributed by atoms with Crippen LogP contribution in [0.25, 0.3) is 0 Å². The quantitative estimate of drug-likeness (QED) is 0.862. The van der Waals surface area contributed by atoms with Crippen molar-refractivity contribution in [2.24, 2.45) is 5.92 Å². The molecule has 0 bridgehead atoms. The van der Waals surface area contributed by atoms with E-state index in [2.05, 4.69) is 4.98 Å². The molecule has 0 aromatic carbocycles. The van der Waals surface area contributed by atoms with Gasteiger partial charge in [-0.05, 0) is 12.1 Å². The fourth-order valence-electron chi connectivity index (χ4n) is 1.24. The van der Waals surface area contributed by atoms with Crippen LogP contribution in [0.1, 0.15) is 25.2 Å². The lowest BCUT2D eigenvalue weighted by Crippen LogP contribution is -2.15. The Morgan fingerprint density at radius 2 is 2.19 bits per heavy atom. The predicted molar refractivity (Wildman–Crippen MR) is 54.3 cm³/mol. The molecule has 1 unspecified atom stereocenters. The van der Waals surface area contributed by atoms with E-state index in [1.165, 1.54) is 19.1 Å². The monoisotopic (exact) mass is 229 g/mol. The lowest BCUT2D eigenvalue weighted by atomic mass is 10.1. The molecule has 88 valence electrons. The number of aromatic nitrogens is 1. The van der Waals surface area contributed by atoms with Crippen LogP contribution < -0.4 is 0 Å². The molecule has 1 atom stereocenters. The molecule has 0 radical (unpaired) electrons. The summed E-state index contributed by atoms with van der Waals surface area (Å²) in [5.74, 6) is -4.59. The molecule has 0 aliphatic carbocycles. The van der Waals surface area contributed by atoms with Crippen LogP contribution in [0, 0.1) is 5.92 Å². The average molecular weight is 229 g/mol. The number of halogens is 2. The van der Waals surface area contributed by atoms with E-state index in [1.807, 2.05) is 0 Å². The summed E-state index contributed by atoms with van der Waals surface area (Å²) in [6.45, 7) is 2.28. The number of carbonyl (C=O) groups is 1. The van der Waals surface area contributed by atoms with Crippen LogP contribution in [0.15, 0.2) is 18.2 Å². The maximum atomic E-state index is 13.0. The molecule has 5 heteroatoms. The van der Waals surface area contributed by atoms with E-state index in [4.69, 9.17) is 5.11 Å². The number of carboxylic acid groups (broad SMARTS) is 1. The number of carboxylic acids is 1. The van der Waals surface area contributed by atoms with E-state index in [-0.39, 0.29) is 12.1 Å². The fraction of sp³-hybridized carbons (Fsp3) is 0.455. The lowest BCUT2D eigenvalue weighted by Gasteiger charge is -2.11. The molecule has 3 nitrogen and oxygen atoms in total. The highest BCUT2D eigenvalue weighted by molar-refractivity contribution is 5.69. The minimum atomic E-state index is -3.00. The molecule has 1 rings (SSSR count). The van der Waals surface area contributed by atoms with Crippen LogP contribution in [0.3, 0.4) is 0 Å². The second kappa shape index (κ2) is 4.55. The van der Waals surface area contributed by atoms with Crippen molar-refractivity contribution >= 4 is 5.97 Å². The Labute approximate surface area is 92.1 Å². The molecule has 0 saturated carbocycles. The third-order valence-electron chi connectivity index (χ3n) is 2.19. The molecule has 1 N–H and O–H groups in total. The van der Waals surface area contributed by atoms with Crippen molar-refractivity contribution in [1.82, 2.24) is 4.98 Å². The highest BCUT2D eigenvalue weighted by atomic mass is 19.3. The molecular weight excluding hydrogens is 216 g/mol. The minimum absolute atomic E-state index is 0.152. The Morgan fingerprint density at radius 3 is 2.69 bits per heavy atom. The summed E-state index contributed by atoms with van der Waals surface area (Å²) in [4.78, 5) is 14.4. The van der Waals surface area contributed by atoms with Crippen LogP contribution in [0.5, 0.6) is 0 Å². The summed E-state index contributed by atoms with van der Waals surface area (Å²) in [5.41, 5.74) is 0.0384. The third-order valence-corrected chi connectivity index (χ3v) is 2.19. The SMILES string of the molecule is CC(Cc1cccc(C(C)(F)F)n1)C(=O)O. The lowest BCUT2D eigenvalue weighted by molar-refractivity contribution is -0.141. The van der Waals surface area contributed by atoms with Gasteiger partial charge in [-0.3, -0.25) is 9.78 Å². The van der Waals surface area contributed by atoms with E-state index >= 15 is 0 Å². The zero-order valence-corrected chi connectivity index (χ0v) is 9.08. The molecule has 16 heavy (non-hydrogen) atoms. The summed E-state index contributed by atoms with van der Waals surface area (Å²) in [6.07, 6.45) is 0.152. The van der Waals surface area contributed by atoms with Gasteiger partial charge >= 0.3 is 5.97 Å². The molecule has 1 heterocycles. The van der Waals surface area contributed by atoms with Crippen LogP contribution in [-0.4, -0.2) is 16.1 Å². The van der Waals surface area contributed by atoms with E-state index in [0.29, 0.717) is 5.69 Å². The van der Waals surface area contributed by atoms with Crippen molar-refractivity contribution < 1.29 is 18.7 Å². The summed E-state index contributed by atoms with van der Waals surface area (Å²) in [7, 11) is 0. The summed E-state index contributed by atoms with van der Waals surface area (Å²) < 4.78 is 25.9. The van der Waals surface area contributed by atoms with Gasteiger partial charge in [-0.25, -0.2) is 0 Å². The minimum Gasteiger partial charge on any atom is -0.481 e. The number of hydrogen-bond donors (Lipinski definition) is 1. The Hall–Kier alpha value is -1.52. The number of rotatable bonds is 4. The van der Waals surface area contributed by atoms with Crippen LogP contribution in [0.4, 0.5) is 8.78 Å². The summed E-state index contributed by atoms with van der Waals surface area (Å²) >= 11 is 0. The first-order chi connectivity index (χ1) is 7.30. The normalized spacial score (nSPS) is 13.5. The molecule has 0 saturated heterocycles. The zero-order valence-electron chi connectivity index (χ0n) is 9.08. The average Bonchev–Trinajstić information content (AvgIpc) is 2.16. The van der Waals surface area contributed by atoms with Crippen molar-refractivity contribution in [1.29, 1.82) is 0 Å². The summed E-state index contributed by atoms with van der Waals surface area (Å²) in [6, 6.07) is 4.24. The molecule has 1 aromatic rings. The van der Waals surface area contributed by atoms with E-state index in [9.17, 15) is 13.6 Å². The summed E-state index contributed by atoms with van der Waals surface area (Å²) in [5, 5.41) is 8.70. The maximum Gasteiger partial charge on any atom is 0.306 e. The van der Waals surface area contributed by atoms with Gasteiger partial charge in [-0.15, -0.1) is 0 Å². The Bertz CT molecular complexity index is 388. The molecule has 0 spiro atoms. The first-order valence-electron chi connectivity index (χ1n) is 4.87. The van der Waals surface area contributed by atoms with Gasteiger partial charge in [-0.2, -0.15) is 8.78 Å². The van der Waals surface area contributed by atoms with Crippen molar-refractivity contribution in [2.75, 3.05) is 0 Å². The smallest absolute Gasteiger partial charge is 0.306 e. The maximum absolute atomic E-state index is 13.0. The molecule has 0 aliphatic rings. The molecule has 0 fully saturated rings. The van der Waals surface area contributed by atoms with Crippen molar-refractivity contribution in [3.05, 3.63) is 29.6 Å². The van der Waals surface area contributed by atoms with Crippen molar-refractivity contribution in [3.8, 4) is 0 Å². The highest BCUT2D eigenvalue weighted by Gasteiger charge is 2.26. The topological polar surface area (TPSA) is 50.2 Å². The van der Waals surface area contributed by atoms with Gasteiger partial charge in [0.1, 0.15) is 5.69 Å². The van der Waals surface area contributed by atoms with Crippen LogP contribution >= 0.6 is 0 Å². The Morgan fingerprint density at radius 1 is 1.56 bits per heavy atom. The molecule has 0 aliphatic heterocycles. The predicted octanol–water partition coefficient (Wildman–Crippen LogP) is 2.46. The number of nitrogens with zero attached hydrogens (tertiary/aromatic N) is 1. The molecule has 1 aromatic heterocycles. The van der Waals surface area contributed by atoms with Gasteiger partial charge < -0.3 is 5.11 Å². The van der Waals surface area contributed by atoms with Gasteiger partial charge in [0.2, 0.25) is 0 Å². The van der Waals surface area contributed by atoms with Crippen molar-refractivity contribution in [3.63, 3.8) is 0 Å². The number of pyridine rings is 1. The van der Waals surface area contributed by atoms with Gasteiger partial charge in [0.15, 0.2) is 0 Å². The van der Waals surface area contributed by atoms with Gasteiger partial charge in [-0.1, -0.05) is 13.0 Å². The number of aliphatic carboxylic acids is 1. The highest BCUT2D eigenvalue weighted by Crippen LogP contribution is 2.25. The fourth-order valence-corrected chi connectivity index (χ4v) is 1.24. The van der Waals surface area contributed by atoms with E-state index in [1.54, 1.807) is 6.07 Å². The largest absolute Gasteiger partial charge is 0.481 e. The van der Waals surface area contributed by atoms with Gasteiger partial charge in [0, 0.05) is 19.0 Å². The standard InChI is InChI=1S/C11H13F2NO2/c1-7(10(15)16)6-8-4-3-5-9(14-8)11(2,12)13/h3-5,7H,6H2,1-2H3,(H,15,16). The first kappa shape index (κ1) is 12.5. The number of hydrogen-bond acceptors (Lipinski definition) is 2. The molecular formula is C11H13F2NO2. The van der Waals surface area contributed by atoms with Crippen molar-refractivity contribution in [2.45, 2.75) is 26.2 Å². The Kier molecular flexibility index (Phi) is 3.57. The van der Waals surface area contributed by atoms with Crippen LogP contribution in [-0.2, 0) is 17.1 Å².